The first-order valence-electron chi connectivity index (χ1n) is 25.1. The van der Waals surface area contributed by atoms with Gasteiger partial charge in [0.1, 0.15) is 0 Å². The molecule has 1 unspecified atom stereocenters. The highest BCUT2D eigenvalue weighted by Gasteiger charge is 2.38. The number of rotatable bonds is 9. The molecule has 0 amide bonds. The van der Waals surface area contributed by atoms with Crippen molar-refractivity contribution in [1.29, 1.82) is 0 Å². The predicted molar refractivity (Wildman–Crippen MR) is 303 cm³/mol. The maximum Gasteiger partial charge on any atom is 0.0542 e. The molecule has 1 heterocycles. The highest BCUT2D eigenvalue weighted by molar-refractivity contribution is 6.10. The smallest absolute Gasteiger partial charge is 0.0542 e. The molecular formula is C70H52N2. The lowest BCUT2D eigenvalue weighted by Crippen LogP contribution is -2.30. The van der Waals surface area contributed by atoms with Crippen LogP contribution in [0, 0.1) is 0 Å². The molecule has 342 valence electrons. The molecule has 0 radical (unpaired) electrons. The number of hydrogen-bond donors (Lipinski definition) is 0. The molecule has 1 aromatic heterocycles. The van der Waals surface area contributed by atoms with Gasteiger partial charge in [0.25, 0.3) is 0 Å². The minimum Gasteiger partial charge on any atom is -0.310 e. The maximum absolute atomic E-state index is 2.48. The second-order valence-electron chi connectivity index (χ2n) is 19.7. The second kappa shape index (κ2) is 17.8. The Bertz CT molecular complexity index is 3890. The number of nitrogens with zero attached hydrogens (tertiary/aromatic N) is 2. The van der Waals surface area contributed by atoms with Gasteiger partial charge in [0.05, 0.1) is 11.0 Å². The molecule has 2 heteroatoms. The number of benzene rings is 11. The molecular weight excluding hydrogens is 869 g/mol. The van der Waals surface area contributed by atoms with Crippen molar-refractivity contribution in [3.05, 3.63) is 301 Å². The summed E-state index contributed by atoms with van der Waals surface area (Å²) in [5.41, 5.74) is 23.1. The summed E-state index contributed by atoms with van der Waals surface area (Å²) in [6, 6.07) is 100. The zero-order valence-corrected chi connectivity index (χ0v) is 40.5. The standard InChI is InChI=1S/C70H52N2/c1-70(2)65-45-55(50-21-11-5-12-22-50)35-42-62(65)69(54-29-27-51(28-30-54)48-17-7-3-8-18-48)63-43-36-56(46-66(63)70)53-33-39-59(40-34-53)71(58-37-31-52(32-38-58)49-19-9-4-10-20-49)60-41-44-68-64(47-60)61-25-15-16-26-67(61)72(68)57-23-13-6-14-24-57/h3-47,69H,1-2H3. The van der Waals surface area contributed by atoms with Crippen molar-refractivity contribution in [3.63, 3.8) is 0 Å². The van der Waals surface area contributed by atoms with Gasteiger partial charge in [0, 0.05) is 44.9 Å². The van der Waals surface area contributed by atoms with Crippen LogP contribution < -0.4 is 4.90 Å². The largest absolute Gasteiger partial charge is 0.310 e. The minimum absolute atomic E-state index is 0.0926. The van der Waals surface area contributed by atoms with Crippen LogP contribution in [0.15, 0.2) is 273 Å². The maximum atomic E-state index is 2.48. The zero-order valence-electron chi connectivity index (χ0n) is 40.5. The first-order valence-corrected chi connectivity index (χ1v) is 25.1. The first-order chi connectivity index (χ1) is 35.5. The van der Waals surface area contributed by atoms with Crippen LogP contribution >= 0.6 is 0 Å². The van der Waals surface area contributed by atoms with Crippen LogP contribution in [0.2, 0.25) is 0 Å². The van der Waals surface area contributed by atoms with Gasteiger partial charge in [-0.05, 0) is 145 Å². The van der Waals surface area contributed by atoms with Gasteiger partial charge in [-0.3, -0.25) is 0 Å². The van der Waals surface area contributed by atoms with Gasteiger partial charge in [-0.2, -0.15) is 0 Å². The minimum atomic E-state index is -0.253. The normalized spacial score (nSPS) is 13.7. The van der Waals surface area contributed by atoms with Crippen LogP contribution in [-0.4, -0.2) is 4.57 Å². The fraction of sp³-hybridized carbons (Fsp3) is 0.0571. The van der Waals surface area contributed by atoms with E-state index in [4.69, 9.17) is 0 Å². The van der Waals surface area contributed by atoms with Crippen LogP contribution in [0.3, 0.4) is 0 Å². The van der Waals surface area contributed by atoms with Gasteiger partial charge in [-0.15, -0.1) is 0 Å². The molecule has 11 aromatic carbocycles. The molecule has 72 heavy (non-hydrogen) atoms. The van der Waals surface area contributed by atoms with E-state index in [-0.39, 0.29) is 11.3 Å². The van der Waals surface area contributed by atoms with Gasteiger partial charge in [0.2, 0.25) is 0 Å². The summed E-state index contributed by atoms with van der Waals surface area (Å²) in [5.74, 6) is 0.0926. The molecule has 0 fully saturated rings. The average Bonchev–Trinajstić information content (AvgIpc) is 3.78. The Morgan fingerprint density at radius 1 is 0.319 bits per heavy atom. The highest BCUT2D eigenvalue weighted by Crippen LogP contribution is 2.51. The van der Waals surface area contributed by atoms with E-state index in [0.717, 1.165) is 22.7 Å². The van der Waals surface area contributed by atoms with Crippen LogP contribution in [0.4, 0.5) is 17.1 Å². The van der Waals surface area contributed by atoms with Crippen molar-refractivity contribution < 1.29 is 0 Å². The zero-order chi connectivity index (χ0) is 48.2. The van der Waals surface area contributed by atoms with Crippen molar-refractivity contribution in [3.8, 4) is 50.2 Å². The Kier molecular flexibility index (Phi) is 10.6. The SMILES string of the molecule is CC1(C)c2cc(-c3ccccc3)ccc2C(c2ccc(-c3ccccc3)cc2)c2ccc(-c3ccc(N(c4ccc(-c5ccccc5)cc4)c4ccc5c(c4)c4ccccc4n5-c4ccccc4)cc3)cc21. The third kappa shape index (κ3) is 7.52. The van der Waals surface area contributed by atoms with Crippen LogP contribution in [0.5, 0.6) is 0 Å². The van der Waals surface area contributed by atoms with E-state index in [0.29, 0.717) is 0 Å². The molecule has 0 saturated heterocycles. The molecule has 0 spiro atoms. The average molecular weight is 921 g/mol. The fourth-order valence-corrected chi connectivity index (χ4v) is 11.5. The summed E-state index contributed by atoms with van der Waals surface area (Å²) >= 11 is 0. The van der Waals surface area contributed by atoms with Gasteiger partial charge < -0.3 is 9.47 Å². The van der Waals surface area contributed by atoms with E-state index >= 15 is 0 Å². The quantitative estimate of drug-likeness (QED) is 0.140. The van der Waals surface area contributed by atoms with Gasteiger partial charge >= 0.3 is 0 Å². The van der Waals surface area contributed by atoms with E-state index in [2.05, 4.69) is 296 Å². The number of hydrogen-bond acceptors (Lipinski definition) is 1. The Labute approximate surface area is 422 Å². The topological polar surface area (TPSA) is 8.17 Å². The van der Waals surface area contributed by atoms with Crippen LogP contribution in [-0.2, 0) is 5.41 Å². The third-order valence-electron chi connectivity index (χ3n) is 15.2. The molecule has 13 rings (SSSR count). The Morgan fingerprint density at radius 2 is 0.708 bits per heavy atom. The van der Waals surface area contributed by atoms with Gasteiger partial charge in [-0.25, -0.2) is 0 Å². The van der Waals surface area contributed by atoms with E-state index in [1.165, 1.54) is 94.1 Å². The van der Waals surface area contributed by atoms with Gasteiger partial charge in [0.15, 0.2) is 0 Å². The summed E-state index contributed by atoms with van der Waals surface area (Å²) in [6.07, 6.45) is 0. The lowest BCUT2D eigenvalue weighted by Gasteiger charge is -2.40. The van der Waals surface area contributed by atoms with Crippen molar-refractivity contribution in [2.24, 2.45) is 0 Å². The van der Waals surface area contributed by atoms with Crippen LogP contribution in [0.1, 0.15) is 47.6 Å². The summed E-state index contributed by atoms with van der Waals surface area (Å²) in [4.78, 5) is 2.40. The number of anilines is 3. The van der Waals surface area contributed by atoms with Crippen molar-refractivity contribution in [2.75, 3.05) is 4.90 Å². The molecule has 0 N–H and O–H groups in total. The summed E-state index contributed by atoms with van der Waals surface area (Å²) in [7, 11) is 0. The van der Waals surface area contributed by atoms with Crippen molar-refractivity contribution in [2.45, 2.75) is 25.2 Å². The van der Waals surface area contributed by atoms with E-state index in [9.17, 15) is 0 Å². The second-order valence-corrected chi connectivity index (χ2v) is 19.7. The Hall–Kier alpha value is -8.98. The molecule has 0 aliphatic heterocycles. The highest BCUT2D eigenvalue weighted by atomic mass is 15.1. The molecule has 0 saturated carbocycles. The monoisotopic (exact) mass is 920 g/mol. The Morgan fingerprint density at radius 3 is 1.24 bits per heavy atom. The lowest BCUT2D eigenvalue weighted by molar-refractivity contribution is 0.598. The fourth-order valence-electron chi connectivity index (χ4n) is 11.5. The summed E-state index contributed by atoms with van der Waals surface area (Å²) < 4.78 is 2.38. The molecule has 0 bridgehead atoms. The van der Waals surface area contributed by atoms with Gasteiger partial charge in [-0.1, -0.05) is 214 Å². The number of fused-ring (bicyclic) bond motifs is 5. The first kappa shape index (κ1) is 43.1. The predicted octanol–water partition coefficient (Wildman–Crippen LogP) is 18.7. The molecule has 12 aromatic rings. The van der Waals surface area contributed by atoms with E-state index < -0.39 is 0 Å². The van der Waals surface area contributed by atoms with Crippen molar-refractivity contribution in [1.82, 2.24) is 4.57 Å². The van der Waals surface area contributed by atoms with Crippen LogP contribution in [0.25, 0.3) is 72.0 Å². The Balaban J connectivity index is 0.913. The van der Waals surface area contributed by atoms with Crippen molar-refractivity contribution >= 4 is 38.9 Å². The lowest BCUT2D eigenvalue weighted by atomic mass is 9.63. The number of para-hydroxylation sites is 2. The summed E-state index contributed by atoms with van der Waals surface area (Å²) in [6.45, 7) is 4.83. The number of aromatic nitrogens is 1. The third-order valence-corrected chi connectivity index (χ3v) is 15.2. The molecule has 1 aliphatic rings. The molecule has 1 atom stereocenters. The van der Waals surface area contributed by atoms with E-state index in [1.54, 1.807) is 0 Å². The summed E-state index contributed by atoms with van der Waals surface area (Å²) in [5, 5.41) is 2.45. The molecule has 1 aliphatic carbocycles. The molecule has 2 nitrogen and oxygen atoms in total. The van der Waals surface area contributed by atoms with E-state index in [1.807, 2.05) is 0 Å².